The van der Waals surface area contributed by atoms with E-state index >= 15 is 0 Å². The van der Waals surface area contributed by atoms with Gasteiger partial charge in [-0.15, -0.1) is 0 Å². The van der Waals surface area contributed by atoms with Crippen molar-refractivity contribution in [1.29, 1.82) is 0 Å². The molecule has 58 valence electrons. The van der Waals surface area contributed by atoms with Gasteiger partial charge >= 0.3 is 0 Å². The smallest absolute Gasteiger partial charge is 0.120 e. The zero-order chi connectivity index (χ0) is 7.82. The number of carbonyl (C=O) groups excluding carboxylic acids is 1. The van der Waals surface area contributed by atoms with Gasteiger partial charge in [0.05, 0.1) is 0 Å². The van der Waals surface area contributed by atoms with E-state index in [4.69, 9.17) is 0 Å². The maximum absolute atomic E-state index is 10.0. The van der Waals surface area contributed by atoms with Gasteiger partial charge in [-0.25, -0.2) is 0 Å². The predicted molar refractivity (Wildman–Crippen MR) is 43.9 cm³/mol. The van der Waals surface area contributed by atoms with E-state index in [9.17, 15) is 4.79 Å². The SMILES string of the molecule is CCCC=CC(C)CC=O. The maximum atomic E-state index is 10.0. The fourth-order valence-corrected chi connectivity index (χ4v) is 0.726. The Morgan fingerprint density at radius 3 is 2.70 bits per heavy atom. The lowest BCUT2D eigenvalue weighted by Crippen LogP contribution is -1.88. The van der Waals surface area contributed by atoms with Crippen molar-refractivity contribution in [3.05, 3.63) is 12.2 Å². The maximum Gasteiger partial charge on any atom is 0.120 e. The average Bonchev–Trinajstić information content (AvgIpc) is 1.89. The van der Waals surface area contributed by atoms with E-state index in [0.29, 0.717) is 12.3 Å². The van der Waals surface area contributed by atoms with Gasteiger partial charge in [-0.2, -0.15) is 0 Å². The van der Waals surface area contributed by atoms with Gasteiger partial charge in [0, 0.05) is 6.42 Å². The molecule has 0 spiro atoms. The molecule has 0 bridgehead atoms. The highest BCUT2D eigenvalue weighted by atomic mass is 16.1. The van der Waals surface area contributed by atoms with Crippen LogP contribution in [0.5, 0.6) is 0 Å². The number of hydrogen-bond acceptors (Lipinski definition) is 1. The molecule has 0 aliphatic heterocycles. The third-order valence-corrected chi connectivity index (χ3v) is 1.39. The van der Waals surface area contributed by atoms with Crippen molar-refractivity contribution >= 4 is 6.29 Å². The van der Waals surface area contributed by atoms with E-state index in [1.165, 1.54) is 6.42 Å². The average molecular weight is 140 g/mol. The fourth-order valence-electron chi connectivity index (χ4n) is 0.726. The zero-order valence-corrected chi connectivity index (χ0v) is 6.84. The zero-order valence-electron chi connectivity index (χ0n) is 6.84. The summed E-state index contributed by atoms with van der Waals surface area (Å²) in [5, 5.41) is 0. The van der Waals surface area contributed by atoms with Crippen LogP contribution in [-0.2, 0) is 4.79 Å². The van der Waals surface area contributed by atoms with Gasteiger partial charge < -0.3 is 4.79 Å². The first-order chi connectivity index (χ1) is 4.81. The van der Waals surface area contributed by atoms with Gasteiger partial charge in [0.25, 0.3) is 0 Å². The van der Waals surface area contributed by atoms with Crippen LogP contribution in [0.25, 0.3) is 0 Å². The summed E-state index contributed by atoms with van der Waals surface area (Å²) < 4.78 is 0. The molecule has 0 saturated heterocycles. The Labute approximate surface area is 63.1 Å². The van der Waals surface area contributed by atoms with E-state index < -0.39 is 0 Å². The molecule has 0 radical (unpaired) electrons. The van der Waals surface area contributed by atoms with Crippen molar-refractivity contribution in [3.63, 3.8) is 0 Å². The Morgan fingerprint density at radius 1 is 1.50 bits per heavy atom. The molecule has 10 heavy (non-hydrogen) atoms. The van der Waals surface area contributed by atoms with E-state index in [-0.39, 0.29) is 0 Å². The number of aldehydes is 1. The highest BCUT2D eigenvalue weighted by molar-refractivity contribution is 5.50. The monoisotopic (exact) mass is 140 g/mol. The Morgan fingerprint density at radius 2 is 2.20 bits per heavy atom. The molecule has 0 aromatic heterocycles. The second-order valence-corrected chi connectivity index (χ2v) is 2.60. The lowest BCUT2D eigenvalue weighted by molar-refractivity contribution is -0.108. The Bertz CT molecular complexity index is 105. The molecule has 1 heteroatoms. The molecule has 0 N–H and O–H groups in total. The van der Waals surface area contributed by atoms with Crippen molar-refractivity contribution in [3.8, 4) is 0 Å². The van der Waals surface area contributed by atoms with Crippen LogP contribution >= 0.6 is 0 Å². The molecule has 0 saturated carbocycles. The van der Waals surface area contributed by atoms with Crippen LogP contribution in [0, 0.1) is 5.92 Å². The standard InChI is InChI=1S/C9H16O/c1-3-4-5-6-9(2)7-8-10/h5-6,8-9H,3-4,7H2,1-2H3. The molecule has 1 atom stereocenters. The highest BCUT2D eigenvalue weighted by Crippen LogP contribution is 2.02. The molecule has 0 heterocycles. The summed E-state index contributed by atoms with van der Waals surface area (Å²) in [5.41, 5.74) is 0. The third kappa shape index (κ3) is 5.54. The Hall–Kier alpha value is -0.590. The quantitative estimate of drug-likeness (QED) is 0.423. The summed E-state index contributed by atoms with van der Waals surface area (Å²) in [6.07, 6.45) is 8.20. The van der Waals surface area contributed by atoms with Crippen molar-refractivity contribution in [2.75, 3.05) is 0 Å². The molecule has 0 amide bonds. The van der Waals surface area contributed by atoms with Crippen LogP contribution in [-0.4, -0.2) is 6.29 Å². The minimum atomic E-state index is 0.420. The molecule has 0 aliphatic rings. The molecule has 1 nitrogen and oxygen atoms in total. The Kier molecular flexibility index (Phi) is 6.14. The molecule has 1 unspecified atom stereocenters. The van der Waals surface area contributed by atoms with Gasteiger partial charge in [0.1, 0.15) is 6.29 Å². The van der Waals surface area contributed by atoms with Gasteiger partial charge in [-0.3, -0.25) is 0 Å². The van der Waals surface area contributed by atoms with Gasteiger partial charge in [0.15, 0.2) is 0 Å². The van der Waals surface area contributed by atoms with Gasteiger partial charge in [-0.1, -0.05) is 32.4 Å². The number of rotatable bonds is 5. The van der Waals surface area contributed by atoms with Crippen LogP contribution in [0.2, 0.25) is 0 Å². The first-order valence-electron chi connectivity index (χ1n) is 3.91. The minimum Gasteiger partial charge on any atom is -0.303 e. The number of carbonyl (C=O) groups is 1. The third-order valence-electron chi connectivity index (χ3n) is 1.39. The largest absolute Gasteiger partial charge is 0.303 e. The van der Waals surface area contributed by atoms with E-state index in [1.54, 1.807) is 0 Å². The van der Waals surface area contributed by atoms with Crippen LogP contribution in [0.1, 0.15) is 33.1 Å². The van der Waals surface area contributed by atoms with Crippen molar-refractivity contribution in [2.24, 2.45) is 5.92 Å². The summed E-state index contributed by atoms with van der Waals surface area (Å²) in [7, 11) is 0. The van der Waals surface area contributed by atoms with Crippen LogP contribution in [0.15, 0.2) is 12.2 Å². The molecule has 0 fully saturated rings. The molecular weight excluding hydrogens is 124 g/mol. The van der Waals surface area contributed by atoms with Crippen molar-refractivity contribution in [1.82, 2.24) is 0 Å². The molecule has 0 rings (SSSR count). The van der Waals surface area contributed by atoms with Crippen LogP contribution < -0.4 is 0 Å². The van der Waals surface area contributed by atoms with Gasteiger partial charge in [0.2, 0.25) is 0 Å². The van der Waals surface area contributed by atoms with E-state index in [0.717, 1.165) is 12.7 Å². The number of unbranched alkanes of at least 4 members (excludes halogenated alkanes) is 1. The topological polar surface area (TPSA) is 17.1 Å². The lowest BCUT2D eigenvalue weighted by Gasteiger charge is -1.96. The van der Waals surface area contributed by atoms with Crippen molar-refractivity contribution in [2.45, 2.75) is 33.1 Å². The summed E-state index contributed by atoms with van der Waals surface area (Å²) in [6, 6.07) is 0. The summed E-state index contributed by atoms with van der Waals surface area (Å²) >= 11 is 0. The van der Waals surface area contributed by atoms with Crippen LogP contribution in [0.4, 0.5) is 0 Å². The Balaban J connectivity index is 3.34. The second kappa shape index (κ2) is 6.53. The molecule has 0 aromatic carbocycles. The first kappa shape index (κ1) is 9.41. The summed E-state index contributed by atoms with van der Waals surface area (Å²) in [6.45, 7) is 4.20. The predicted octanol–water partition coefficient (Wildman–Crippen LogP) is 2.57. The summed E-state index contributed by atoms with van der Waals surface area (Å²) in [5.74, 6) is 0.420. The number of hydrogen-bond donors (Lipinski definition) is 0. The second-order valence-electron chi connectivity index (χ2n) is 2.60. The van der Waals surface area contributed by atoms with Gasteiger partial charge in [-0.05, 0) is 12.3 Å². The molecule has 0 aromatic rings. The normalized spacial score (nSPS) is 13.8. The molecular formula is C9H16O. The first-order valence-corrected chi connectivity index (χ1v) is 3.91. The molecule has 0 aliphatic carbocycles. The number of allylic oxidation sites excluding steroid dienone is 2. The van der Waals surface area contributed by atoms with E-state index in [1.807, 2.05) is 0 Å². The van der Waals surface area contributed by atoms with Crippen molar-refractivity contribution < 1.29 is 4.79 Å². The summed E-state index contributed by atoms with van der Waals surface area (Å²) in [4.78, 5) is 10.0. The van der Waals surface area contributed by atoms with E-state index in [2.05, 4.69) is 26.0 Å². The van der Waals surface area contributed by atoms with Crippen LogP contribution in [0.3, 0.4) is 0 Å². The minimum absolute atomic E-state index is 0.420. The lowest BCUT2D eigenvalue weighted by atomic mass is 10.1. The highest BCUT2D eigenvalue weighted by Gasteiger charge is 1.92. The fraction of sp³-hybridized carbons (Fsp3) is 0.667.